The molecule has 1 heterocycles. The lowest BCUT2D eigenvalue weighted by Crippen LogP contribution is -2.50. The van der Waals surface area contributed by atoms with E-state index >= 15 is 0 Å². The first-order valence-corrected chi connectivity index (χ1v) is 8.27. The smallest absolute Gasteiger partial charge is 0.279 e. The van der Waals surface area contributed by atoms with E-state index in [1.165, 1.54) is 37.0 Å². The monoisotopic (exact) mass is 309 g/mol. The third-order valence-corrected chi connectivity index (χ3v) is 5.53. The van der Waals surface area contributed by atoms with Gasteiger partial charge in [0.25, 0.3) is 5.91 Å². The molecular formula is C14H19N3OS2. The van der Waals surface area contributed by atoms with E-state index in [0.717, 1.165) is 16.7 Å². The summed E-state index contributed by atoms with van der Waals surface area (Å²) in [5.74, 6) is 1.50. The minimum atomic E-state index is -0.139. The second-order valence-electron chi connectivity index (χ2n) is 5.74. The number of carbonyl (C=O) groups is 1. The van der Waals surface area contributed by atoms with Crippen LogP contribution in [0.5, 0.6) is 0 Å². The Morgan fingerprint density at radius 2 is 2.15 bits per heavy atom. The third-order valence-electron chi connectivity index (χ3n) is 4.31. The first-order chi connectivity index (χ1) is 9.61. The average Bonchev–Trinajstić information content (AvgIpc) is 3.12. The lowest BCUT2D eigenvalue weighted by Gasteiger charge is -2.24. The summed E-state index contributed by atoms with van der Waals surface area (Å²) < 4.78 is 0. The number of aryl methyl sites for hydroxylation is 1. The maximum absolute atomic E-state index is 11.9. The summed E-state index contributed by atoms with van der Waals surface area (Å²) in [6, 6.07) is 4.24. The van der Waals surface area contributed by atoms with Crippen molar-refractivity contribution in [3.63, 3.8) is 0 Å². The summed E-state index contributed by atoms with van der Waals surface area (Å²) in [7, 11) is 0. The van der Waals surface area contributed by atoms with Crippen LogP contribution in [-0.2, 0) is 0 Å². The predicted molar refractivity (Wildman–Crippen MR) is 84.6 cm³/mol. The van der Waals surface area contributed by atoms with Crippen LogP contribution in [0.2, 0.25) is 0 Å². The van der Waals surface area contributed by atoms with Crippen LogP contribution in [0.1, 0.15) is 40.2 Å². The average molecular weight is 309 g/mol. The fourth-order valence-corrected chi connectivity index (χ4v) is 4.32. The summed E-state index contributed by atoms with van der Waals surface area (Å²) in [5, 5.41) is 3.85. The molecule has 0 radical (unpaired) electrons. The van der Waals surface area contributed by atoms with Gasteiger partial charge in [0.1, 0.15) is 0 Å². The molecule has 2 aliphatic rings. The van der Waals surface area contributed by atoms with Gasteiger partial charge in [-0.2, -0.15) is 0 Å². The van der Waals surface area contributed by atoms with Crippen molar-refractivity contribution < 1.29 is 4.79 Å². The molecule has 1 aromatic heterocycles. The maximum atomic E-state index is 11.9. The molecule has 3 atom stereocenters. The molecule has 20 heavy (non-hydrogen) atoms. The summed E-state index contributed by atoms with van der Waals surface area (Å²) in [6.07, 6.45) is 5.23. The van der Waals surface area contributed by atoms with Gasteiger partial charge in [-0.05, 0) is 62.4 Å². The largest absolute Gasteiger partial charge is 0.358 e. The van der Waals surface area contributed by atoms with Crippen LogP contribution in [0, 0.1) is 18.8 Å². The number of hydrogen-bond donors (Lipinski definition) is 3. The van der Waals surface area contributed by atoms with Crippen molar-refractivity contribution in [2.45, 2.75) is 38.6 Å². The van der Waals surface area contributed by atoms with E-state index in [9.17, 15) is 4.79 Å². The molecule has 2 saturated carbocycles. The molecular weight excluding hydrogens is 290 g/mol. The Bertz CT molecular complexity index is 528. The van der Waals surface area contributed by atoms with Gasteiger partial charge in [0.15, 0.2) is 5.11 Å². The van der Waals surface area contributed by atoms with Crippen LogP contribution >= 0.6 is 23.6 Å². The zero-order valence-electron chi connectivity index (χ0n) is 11.4. The summed E-state index contributed by atoms with van der Waals surface area (Å²) in [5.41, 5.74) is 5.45. The van der Waals surface area contributed by atoms with Gasteiger partial charge in [-0.25, -0.2) is 0 Å². The first-order valence-electron chi connectivity index (χ1n) is 7.05. The van der Waals surface area contributed by atoms with Gasteiger partial charge in [0, 0.05) is 10.9 Å². The molecule has 0 saturated heterocycles. The molecule has 3 N–H and O–H groups in total. The SMILES string of the molecule is Cc1ccc(C(=O)NNC(=S)N[C@@H]2C[C@@H]3CC[C@@H]2C3)s1. The van der Waals surface area contributed by atoms with Gasteiger partial charge in [-0.15, -0.1) is 11.3 Å². The Morgan fingerprint density at radius 3 is 2.75 bits per heavy atom. The van der Waals surface area contributed by atoms with Crippen molar-refractivity contribution in [2.75, 3.05) is 0 Å². The van der Waals surface area contributed by atoms with E-state index < -0.39 is 0 Å². The van der Waals surface area contributed by atoms with Gasteiger partial charge in [-0.3, -0.25) is 15.6 Å². The topological polar surface area (TPSA) is 53.2 Å². The van der Waals surface area contributed by atoms with E-state index in [1.807, 2.05) is 19.1 Å². The quantitative estimate of drug-likeness (QED) is 0.580. The van der Waals surface area contributed by atoms with Crippen LogP contribution in [0.4, 0.5) is 0 Å². The zero-order chi connectivity index (χ0) is 14.1. The van der Waals surface area contributed by atoms with Crippen molar-refractivity contribution in [1.29, 1.82) is 0 Å². The van der Waals surface area contributed by atoms with Crippen molar-refractivity contribution in [3.8, 4) is 0 Å². The molecule has 2 aliphatic carbocycles. The minimum absolute atomic E-state index is 0.139. The Labute approximate surface area is 128 Å². The standard InChI is InChI=1S/C14H19N3OS2/c1-8-2-5-12(20-8)13(18)16-17-14(19)15-11-7-9-3-4-10(11)6-9/h2,5,9-11H,3-4,6-7H2,1H3,(H,16,18)(H2,15,17,19)/t9-,10-,11-/m1/s1. The predicted octanol–water partition coefficient (Wildman–Crippen LogP) is 2.35. The number of thiocarbonyl (C=S) groups is 1. The molecule has 0 spiro atoms. The Kier molecular flexibility index (Phi) is 3.94. The first kappa shape index (κ1) is 13.8. The number of hydrogen-bond acceptors (Lipinski definition) is 3. The molecule has 6 heteroatoms. The summed E-state index contributed by atoms with van der Waals surface area (Å²) in [4.78, 5) is 13.7. The molecule has 4 nitrogen and oxygen atoms in total. The molecule has 0 aliphatic heterocycles. The van der Waals surface area contributed by atoms with Crippen LogP contribution in [-0.4, -0.2) is 17.1 Å². The maximum Gasteiger partial charge on any atom is 0.279 e. The van der Waals surface area contributed by atoms with Gasteiger partial charge >= 0.3 is 0 Å². The normalized spacial score (nSPS) is 27.4. The second-order valence-corrected chi connectivity index (χ2v) is 7.44. The molecule has 2 bridgehead atoms. The van der Waals surface area contributed by atoms with Crippen LogP contribution in [0.15, 0.2) is 12.1 Å². The van der Waals surface area contributed by atoms with Crippen LogP contribution in [0.3, 0.4) is 0 Å². The lowest BCUT2D eigenvalue weighted by molar-refractivity contribution is 0.0947. The molecule has 1 amide bonds. The van der Waals surface area contributed by atoms with E-state index in [1.54, 1.807) is 0 Å². The third kappa shape index (κ3) is 2.96. The highest BCUT2D eigenvalue weighted by Gasteiger charge is 2.39. The van der Waals surface area contributed by atoms with Gasteiger partial charge in [-0.1, -0.05) is 6.42 Å². The highest BCUT2D eigenvalue weighted by molar-refractivity contribution is 7.80. The number of nitrogens with one attached hydrogen (secondary N) is 3. The van der Waals surface area contributed by atoms with E-state index in [2.05, 4.69) is 16.2 Å². The number of thiophene rings is 1. The lowest BCUT2D eigenvalue weighted by atomic mass is 9.96. The number of amides is 1. The number of carbonyl (C=O) groups excluding carboxylic acids is 1. The highest BCUT2D eigenvalue weighted by Crippen LogP contribution is 2.44. The molecule has 1 aromatic rings. The zero-order valence-corrected chi connectivity index (χ0v) is 13.1. The molecule has 108 valence electrons. The van der Waals surface area contributed by atoms with Gasteiger partial charge in [0.2, 0.25) is 0 Å². The van der Waals surface area contributed by atoms with Crippen molar-refractivity contribution >= 4 is 34.6 Å². The Hall–Kier alpha value is -1.14. The summed E-state index contributed by atoms with van der Waals surface area (Å²) >= 11 is 6.72. The van der Waals surface area contributed by atoms with Gasteiger partial charge < -0.3 is 5.32 Å². The van der Waals surface area contributed by atoms with Crippen molar-refractivity contribution in [3.05, 3.63) is 21.9 Å². The van der Waals surface area contributed by atoms with Crippen molar-refractivity contribution in [1.82, 2.24) is 16.2 Å². The number of fused-ring (bicyclic) bond motifs is 2. The molecule has 0 unspecified atom stereocenters. The van der Waals surface area contributed by atoms with E-state index in [-0.39, 0.29) is 5.91 Å². The van der Waals surface area contributed by atoms with Crippen LogP contribution < -0.4 is 16.2 Å². The Morgan fingerprint density at radius 1 is 1.30 bits per heavy atom. The molecule has 3 rings (SSSR count). The van der Waals surface area contributed by atoms with Gasteiger partial charge in [0.05, 0.1) is 4.88 Å². The summed E-state index contributed by atoms with van der Waals surface area (Å²) in [6.45, 7) is 1.98. The number of hydrazine groups is 1. The fourth-order valence-electron chi connectivity index (χ4n) is 3.36. The minimum Gasteiger partial charge on any atom is -0.358 e. The van der Waals surface area contributed by atoms with E-state index in [4.69, 9.17) is 12.2 Å². The van der Waals surface area contributed by atoms with Crippen LogP contribution in [0.25, 0.3) is 0 Å². The fraction of sp³-hybridized carbons (Fsp3) is 0.571. The van der Waals surface area contributed by atoms with Crippen molar-refractivity contribution in [2.24, 2.45) is 11.8 Å². The highest BCUT2D eigenvalue weighted by atomic mass is 32.1. The Balaban J connectivity index is 1.44. The molecule has 2 fully saturated rings. The van der Waals surface area contributed by atoms with E-state index in [0.29, 0.717) is 16.0 Å². The second kappa shape index (κ2) is 5.69. The number of rotatable bonds is 2. The molecule has 0 aromatic carbocycles.